The maximum Gasteiger partial charge on any atom is 0.410 e. The van der Waals surface area contributed by atoms with Crippen molar-refractivity contribution in [3.8, 4) is 5.75 Å². The number of rotatable bonds is 11. The van der Waals surface area contributed by atoms with Gasteiger partial charge in [-0.1, -0.05) is 0 Å². The molecule has 1 saturated carbocycles. The van der Waals surface area contributed by atoms with E-state index in [0.717, 1.165) is 25.9 Å². The number of ether oxygens (including phenoxy) is 4. The van der Waals surface area contributed by atoms with Crippen LogP contribution < -0.4 is 19.9 Å². The van der Waals surface area contributed by atoms with E-state index >= 15 is 0 Å². The van der Waals surface area contributed by atoms with Crippen LogP contribution in [0.3, 0.4) is 0 Å². The van der Waals surface area contributed by atoms with Gasteiger partial charge < -0.3 is 39.0 Å². The molecule has 1 aromatic rings. The molecule has 13 heteroatoms. The zero-order chi connectivity index (χ0) is 34.6. The monoisotopic (exact) mass is 671 g/mol. The highest BCUT2D eigenvalue weighted by atomic mass is 16.6. The molecule has 48 heavy (non-hydrogen) atoms. The third-order valence-corrected chi connectivity index (χ3v) is 9.17. The molecule has 0 radical (unpaired) electrons. The number of nitrogens with zero attached hydrogens (tertiary/aromatic N) is 4. The van der Waals surface area contributed by atoms with Crippen molar-refractivity contribution in [2.45, 2.75) is 77.5 Å². The minimum atomic E-state index is -1.03. The van der Waals surface area contributed by atoms with Crippen LogP contribution in [-0.2, 0) is 28.6 Å². The van der Waals surface area contributed by atoms with Crippen molar-refractivity contribution in [3.05, 3.63) is 18.2 Å². The number of piperidine rings is 1. The minimum absolute atomic E-state index is 0.00755. The van der Waals surface area contributed by atoms with E-state index in [9.17, 15) is 19.2 Å². The van der Waals surface area contributed by atoms with Gasteiger partial charge in [-0.15, -0.1) is 0 Å². The standard InChI is InChI=1S/C35H53N5O8/c1-34(2,3)48-33(44)38-22-24(30(41)36-12-14-37-15-18-46-19-16-37)20-25(23-38)31(42)40(26-8-9-26)27-10-11-29-28(21-27)39(13-7-17-45-6)32(43)35(4,5)47-29/h10-11,21,24-26H,7-9,12-20,22-23H2,1-6H3,(H,36,41)/t24-,25+/m0/s1. The quantitative estimate of drug-likeness (QED) is 0.353. The summed E-state index contributed by atoms with van der Waals surface area (Å²) in [6, 6.07) is 5.53. The maximum atomic E-state index is 14.5. The fraction of sp³-hybridized carbons (Fsp3) is 0.714. The number of likely N-dealkylation sites (tertiary alicyclic amines) is 1. The van der Waals surface area contributed by atoms with Gasteiger partial charge in [0.05, 0.1) is 30.7 Å². The van der Waals surface area contributed by atoms with E-state index in [0.29, 0.717) is 69.4 Å². The Kier molecular flexibility index (Phi) is 11.2. The van der Waals surface area contributed by atoms with Gasteiger partial charge in [-0.05, 0) is 78.5 Å². The molecule has 1 N–H and O–H groups in total. The lowest BCUT2D eigenvalue weighted by Gasteiger charge is -2.40. The van der Waals surface area contributed by atoms with Crippen LogP contribution in [-0.4, -0.2) is 124 Å². The van der Waals surface area contributed by atoms with Gasteiger partial charge in [0.15, 0.2) is 5.60 Å². The van der Waals surface area contributed by atoms with E-state index in [1.165, 1.54) is 4.90 Å². The van der Waals surface area contributed by atoms with Gasteiger partial charge in [-0.2, -0.15) is 0 Å². The zero-order valence-electron chi connectivity index (χ0n) is 29.4. The number of anilines is 2. The molecule has 3 aliphatic heterocycles. The number of methoxy groups -OCH3 is 1. The fourth-order valence-corrected chi connectivity index (χ4v) is 6.59. The second-order valence-electron chi connectivity index (χ2n) is 14.8. The summed E-state index contributed by atoms with van der Waals surface area (Å²) in [4.78, 5) is 62.1. The van der Waals surface area contributed by atoms with Crippen LogP contribution in [0.1, 0.15) is 60.3 Å². The van der Waals surface area contributed by atoms with Gasteiger partial charge in [0.2, 0.25) is 11.8 Å². The average Bonchev–Trinajstić information content (AvgIpc) is 3.88. The maximum absolute atomic E-state index is 14.5. The van der Waals surface area contributed by atoms with Crippen LogP contribution in [0.2, 0.25) is 0 Å². The number of hydrogen-bond acceptors (Lipinski definition) is 9. The van der Waals surface area contributed by atoms with E-state index in [1.807, 2.05) is 18.2 Å². The molecule has 5 rings (SSSR count). The molecule has 2 saturated heterocycles. The third-order valence-electron chi connectivity index (χ3n) is 9.17. The number of nitrogens with one attached hydrogen (secondary N) is 1. The van der Waals surface area contributed by atoms with Gasteiger partial charge in [0.1, 0.15) is 11.4 Å². The number of benzene rings is 1. The number of fused-ring (bicyclic) bond motifs is 1. The average molecular weight is 672 g/mol. The van der Waals surface area contributed by atoms with Crippen LogP contribution in [0.4, 0.5) is 16.2 Å². The molecule has 0 unspecified atom stereocenters. The molecule has 0 spiro atoms. The SMILES string of the molecule is COCCCN1C(=O)C(C)(C)Oc2ccc(N(C(=O)[C@@H]3C[C@H](C(=O)NCCN4CCOCC4)CN(C(=O)OC(C)(C)C)C3)C3CC3)cc21. The second-order valence-corrected chi connectivity index (χ2v) is 14.8. The third kappa shape index (κ3) is 8.78. The van der Waals surface area contributed by atoms with Crippen LogP contribution >= 0.6 is 0 Å². The predicted molar refractivity (Wildman–Crippen MR) is 180 cm³/mol. The smallest absolute Gasteiger partial charge is 0.410 e. The number of hydrogen-bond donors (Lipinski definition) is 1. The molecule has 0 aromatic heterocycles. The lowest BCUT2D eigenvalue weighted by Crippen LogP contribution is -2.54. The van der Waals surface area contributed by atoms with Gasteiger partial charge >= 0.3 is 6.09 Å². The van der Waals surface area contributed by atoms with E-state index in [4.69, 9.17) is 18.9 Å². The Bertz CT molecular complexity index is 1340. The Balaban J connectivity index is 1.37. The molecule has 4 amide bonds. The molecule has 3 heterocycles. The summed E-state index contributed by atoms with van der Waals surface area (Å²) in [5.74, 6) is -1.09. The summed E-state index contributed by atoms with van der Waals surface area (Å²) in [6.07, 6.45) is 2.11. The lowest BCUT2D eigenvalue weighted by molar-refractivity contribution is -0.133. The van der Waals surface area contributed by atoms with Gasteiger partial charge in [-0.3, -0.25) is 19.3 Å². The second kappa shape index (κ2) is 15.0. The summed E-state index contributed by atoms with van der Waals surface area (Å²) in [5, 5.41) is 3.05. The number of morpholine rings is 1. The summed E-state index contributed by atoms with van der Waals surface area (Å²) in [5.41, 5.74) is -0.479. The predicted octanol–water partition coefficient (Wildman–Crippen LogP) is 3.04. The van der Waals surface area contributed by atoms with Crippen LogP contribution in [0.15, 0.2) is 18.2 Å². The Labute approximate surface area is 284 Å². The van der Waals surface area contributed by atoms with Crippen molar-refractivity contribution in [1.29, 1.82) is 0 Å². The van der Waals surface area contributed by atoms with Crippen molar-refractivity contribution in [2.24, 2.45) is 11.8 Å². The van der Waals surface area contributed by atoms with Gasteiger partial charge in [0.25, 0.3) is 5.91 Å². The minimum Gasteiger partial charge on any atom is -0.476 e. The molecular formula is C35H53N5O8. The Morgan fingerprint density at radius 1 is 1.06 bits per heavy atom. The molecule has 13 nitrogen and oxygen atoms in total. The van der Waals surface area contributed by atoms with Crippen LogP contribution in [0.25, 0.3) is 0 Å². The van der Waals surface area contributed by atoms with Crippen LogP contribution in [0, 0.1) is 11.8 Å². The molecular weight excluding hydrogens is 618 g/mol. The molecule has 0 bridgehead atoms. The van der Waals surface area contributed by atoms with E-state index in [-0.39, 0.29) is 36.9 Å². The van der Waals surface area contributed by atoms with E-state index in [2.05, 4.69) is 10.2 Å². The lowest BCUT2D eigenvalue weighted by atomic mass is 9.87. The molecule has 1 aromatic carbocycles. The van der Waals surface area contributed by atoms with Crippen molar-refractivity contribution < 1.29 is 38.1 Å². The van der Waals surface area contributed by atoms with Gasteiger partial charge in [-0.25, -0.2) is 4.79 Å². The van der Waals surface area contributed by atoms with Crippen LogP contribution in [0.5, 0.6) is 5.75 Å². The zero-order valence-corrected chi connectivity index (χ0v) is 29.4. The van der Waals surface area contributed by atoms with E-state index in [1.54, 1.807) is 51.5 Å². The number of carbonyl (C=O) groups is 4. The summed E-state index contributed by atoms with van der Waals surface area (Å²) in [7, 11) is 1.63. The van der Waals surface area contributed by atoms with Crippen molar-refractivity contribution in [3.63, 3.8) is 0 Å². The van der Waals surface area contributed by atoms with Gasteiger partial charge in [0, 0.05) is 71.3 Å². The molecule has 3 fully saturated rings. The first kappa shape index (κ1) is 35.9. The molecule has 1 aliphatic carbocycles. The summed E-state index contributed by atoms with van der Waals surface area (Å²) in [6.45, 7) is 14.4. The summed E-state index contributed by atoms with van der Waals surface area (Å²) < 4.78 is 22.5. The van der Waals surface area contributed by atoms with Crippen molar-refractivity contribution >= 4 is 35.2 Å². The first-order chi connectivity index (χ1) is 22.8. The molecule has 266 valence electrons. The first-order valence-electron chi connectivity index (χ1n) is 17.3. The highest BCUT2D eigenvalue weighted by molar-refractivity contribution is 6.04. The highest BCUT2D eigenvalue weighted by Crippen LogP contribution is 2.43. The Morgan fingerprint density at radius 2 is 1.77 bits per heavy atom. The first-order valence-corrected chi connectivity index (χ1v) is 17.3. The molecule has 4 aliphatic rings. The topological polar surface area (TPSA) is 130 Å². The summed E-state index contributed by atoms with van der Waals surface area (Å²) >= 11 is 0. The van der Waals surface area contributed by atoms with E-state index < -0.39 is 29.1 Å². The highest BCUT2D eigenvalue weighted by Gasteiger charge is 2.45. The normalized spacial score (nSPS) is 22.8. The Hall–Kier alpha value is -3.42. The van der Waals surface area contributed by atoms with Crippen molar-refractivity contribution in [1.82, 2.24) is 15.1 Å². The fourth-order valence-electron chi connectivity index (χ4n) is 6.59. The van der Waals surface area contributed by atoms with Crippen molar-refractivity contribution in [2.75, 3.05) is 82.5 Å². The number of amides is 4. The Morgan fingerprint density at radius 3 is 2.44 bits per heavy atom. The molecule has 2 atom stereocenters. The largest absolute Gasteiger partial charge is 0.476 e. The number of carbonyl (C=O) groups excluding carboxylic acids is 4.